The van der Waals surface area contributed by atoms with E-state index in [2.05, 4.69) is 5.10 Å². The summed E-state index contributed by atoms with van der Waals surface area (Å²) in [6.45, 7) is -0.829. The van der Waals surface area contributed by atoms with E-state index in [-0.39, 0.29) is 6.61 Å². The summed E-state index contributed by atoms with van der Waals surface area (Å²) in [7, 11) is 0. The first-order valence-electron chi connectivity index (χ1n) is 8.45. The number of aliphatic hydroxyl groups excluding tert-OH is 1. The zero-order chi connectivity index (χ0) is 19.3. The minimum absolute atomic E-state index is 0.0169. The quantitative estimate of drug-likeness (QED) is 0.671. The number of hydrogen-bond donors (Lipinski definition) is 1. The van der Waals surface area contributed by atoms with Crippen molar-refractivity contribution in [2.75, 3.05) is 6.61 Å². The smallest absolute Gasteiger partial charge is 0.408 e. The molecule has 0 atom stereocenters. The Labute approximate surface area is 154 Å². The van der Waals surface area contributed by atoms with Crippen molar-refractivity contribution in [3.8, 4) is 16.9 Å². The predicted octanol–water partition coefficient (Wildman–Crippen LogP) is 4.23. The SMILES string of the molecule is OCCc1ccc(OCc2ccccc2)c(-c2cnn(CC(F)(F)F)c2)c1. The second-order valence-electron chi connectivity index (χ2n) is 6.12. The molecule has 3 rings (SSSR count). The summed E-state index contributed by atoms with van der Waals surface area (Å²) in [4.78, 5) is 0. The van der Waals surface area contributed by atoms with Crippen LogP contribution in [-0.2, 0) is 19.6 Å². The normalized spacial score (nSPS) is 11.6. The maximum Gasteiger partial charge on any atom is 0.408 e. The van der Waals surface area contributed by atoms with Crippen LogP contribution in [-0.4, -0.2) is 27.7 Å². The largest absolute Gasteiger partial charge is 0.488 e. The van der Waals surface area contributed by atoms with E-state index in [0.29, 0.717) is 29.9 Å². The molecule has 1 N–H and O–H groups in total. The number of nitrogens with zero attached hydrogens (tertiary/aromatic N) is 2. The van der Waals surface area contributed by atoms with E-state index >= 15 is 0 Å². The highest BCUT2D eigenvalue weighted by Gasteiger charge is 2.28. The first kappa shape index (κ1) is 19.0. The van der Waals surface area contributed by atoms with E-state index in [1.807, 2.05) is 42.5 Å². The Balaban J connectivity index is 1.87. The third kappa shape index (κ3) is 5.34. The van der Waals surface area contributed by atoms with Crippen molar-refractivity contribution in [2.24, 2.45) is 0 Å². The van der Waals surface area contributed by atoms with Crippen molar-refractivity contribution in [3.05, 3.63) is 72.1 Å². The van der Waals surface area contributed by atoms with Gasteiger partial charge in [-0.2, -0.15) is 18.3 Å². The van der Waals surface area contributed by atoms with Gasteiger partial charge in [0.05, 0.1) is 6.20 Å². The van der Waals surface area contributed by atoms with Crippen LogP contribution in [0.3, 0.4) is 0 Å². The molecule has 0 saturated heterocycles. The molecule has 142 valence electrons. The molecule has 0 spiro atoms. The van der Waals surface area contributed by atoms with Crippen molar-refractivity contribution < 1.29 is 23.0 Å². The lowest BCUT2D eigenvalue weighted by molar-refractivity contribution is -0.142. The minimum Gasteiger partial charge on any atom is -0.488 e. The number of alkyl halides is 3. The Bertz CT molecular complexity index is 876. The lowest BCUT2D eigenvalue weighted by Crippen LogP contribution is -2.17. The molecule has 1 aromatic heterocycles. The predicted molar refractivity (Wildman–Crippen MR) is 95.3 cm³/mol. The molecule has 27 heavy (non-hydrogen) atoms. The van der Waals surface area contributed by atoms with Gasteiger partial charge in [-0.05, 0) is 29.7 Å². The van der Waals surface area contributed by atoms with Crippen LogP contribution in [0.4, 0.5) is 13.2 Å². The lowest BCUT2D eigenvalue weighted by Gasteiger charge is -2.12. The molecular formula is C20H19F3N2O2. The molecule has 0 bridgehead atoms. The topological polar surface area (TPSA) is 47.3 Å². The zero-order valence-electron chi connectivity index (χ0n) is 14.5. The van der Waals surface area contributed by atoms with Gasteiger partial charge in [-0.3, -0.25) is 4.68 Å². The van der Waals surface area contributed by atoms with E-state index in [4.69, 9.17) is 9.84 Å². The first-order chi connectivity index (χ1) is 12.9. The highest BCUT2D eigenvalue weighted by atomic mass is 19.4. The third-order valence-corrected chi connectivity index (χ3v) is 3.97. The maximum absolute atomic E-state index is 12.6. The van der Waals surface area contributed by atoms with Crippen molar-refractivity contribution in [3.63, 3.8) is 0 Å². The van der Waals surface area contributed by atoms with E-state index in [1.54, 1.807) is 6.07 Å². The van der Waals surface area contributed by atoms with Gasteiger partial charge in [0.25, 0.3) is 0 Å². The van der Waals surface area contributed by atoms with Gasteiger partial charge in [0.15, 0.2) is 0 Å². The summed E-state index contributed by atoms with van der Waals surface area (Å²) < 4.78 is 44.5. The van der Waals surface area contributed by atoms with Crippen molar-refractivity contribution in [1.82, 2.24) is 9.78 Å². The summed E-state index contributed by atoms with van der Waals surface area (Å²) in [5, 5.41) is 13.0. The fourth-order valence-corrected chi connectivity index (χ4v) is 2.72. The number of aliphatic hydroxyl groups is 1. The molecule has 3 aromatic rings. The summed E-state index contributed by atoms with van der Waals surface area (Å²) in [5.74, 6) is 0.548. The molecule has 2 aromatic carbocycles. The molecule has 0 aliphatic heterocycles. The number of ether oxygens (including phenoxy) is 1. The first-order valence-corrected chi connectivity index (χ1v) is 8.45. The van der Waals surface area contributed by atoms with Crippen LogP contribution in [0.25, 0.3) is 11.1 Å². The van der Waals surface area contributed by atoms with Gasteiger partial charge in [0, 0.05) is 23.9 Å². The molecule has 0 radical (unpaired) electrons. The van der Waals surface area contributed by atoms with Crippen LogP contribution in [0.1, 0.15) is 11.1 Å². The van der Waals surface area contributed by atoms with Crippen LogP contribution in [0.15, 0.2) is 60.9 Å². The summed E-state index contributed by atoms with van der Waals surface area (Å²) in [6, 6.07) is 15.0. The van der Waals surface area contributed by atoms with Crippen LogP contribution in [0, 0.1) is 0 Å². The van der Waals surface area contributed by atoms with Crippen molar-refractivity contribution in [1.29, 1.82) is 0 Å². The van der Waals surface area contributed by atoms with Gasteiger partial charge >= 0.3 is 6.18 Å². The molecule has 0 aliphatic carbocycles. The van der Waals surface area contributed by atoms with Crippen molar-refractivity contribution in [2.45, 2.75) is 25.7 Å². The Morgan fingerprint density at radius 1 is 1.04 bits per heavy atom. The number of hydrogen-bond acceptors (Lipinski definition) is 3. The second kappa shape index (κ2) is 8.26. The molecule has 4 nitrogen and oxygen atoms in total. The zero-order valence-corrected chi connectivity index (χ0v) is 14.5. The van der Waals surface area contributed by atoms with Crippen LogP contribution < -0.4 is 4.74 Å². The Hall–Kier alpha value is -2.80. The summed E-state index contributed by atoms with van der Waals surface area (Å²) in [5.41, 5.74) is 3.02. The van der Waals surface area contributed by atoms with Gasteiger partial charge < -0.3 is 9.84 Å². The summed E-state index contributed by atoms with van der Waals surface area (Å²) >= 11 is 0. The van der Waals surface area contributed by atoms with Crippen LogP contribution >= 0.6 is 0 Å². The third-order valence-electron chi connectivity index (χ3n) is 3.97. The van der Waals surface area contributed by atoms with E-state index in [9.17, 15) is 13.2 Å². The van der Waals surface area contributed by atoms with Gasteiger partial charge in [-0.1, -0.05) is 36.4 Å². The monoisotopic (exact) mass is 376 g/mol. The average molecular weight is 376 g/mol. The Morgan fingerprint density at radius 3 is 2.52 bits per heavy atom. The minimum atomic E-state index is -4.34. The van der Waals surface area contributed by atoms with E-state index in [1.165, 1.54) is 12.4 Å². The number of halogens is 3. The maximum atomic E-state index is 12.6. The van der Waals surface area contributed by atoms with E-state index in [0.717, 1.165) is 15.8 Å². The molecule has 0 fully saturated rings. The highest BCUT2D eigenvalue weighted by molar-refractivity contribution is 5.70. The molecule has 1 heterocycles. The number of rotatable bonds is 7. The lowest BCUT2D eigenvalue weighted by atomic mass is 10.0. The Morgan fingerprint density at radius 2 is 1.81 bits per heavy atom. The second-order valence-corrected chi connectivity index (χ2v) is 6.12. The van der Waals surface area contributed by atoms with Crippen molar-refractivity contribution >= 4 is 0 Å². The fourth-order valence-electron chi connectivity index (χ4n) is 2.72. The molecule has 7 heteroatoms. The molecule has 0 unspecified atom stereocenters. The molecule has 0 saturated carbocycles. The van der Waals surface area contributed by atoms with Gasteiger partial charge in [-0.25, -0.2) is 0 Å². The highest BCUT2D eigenvalue weighted by Crippen LogP contribution is 2.32. The molecule has 0 aliphatic rings. The van der Waals surface area contributed by atoms with Crippen LogP contribution in [0.2, 0.25) is 0 Å². The number of aromatic nitrogens is 2. The number of benzene rings is 2. The van der Waals surface area contributed by atoms with Crippen LogP contribution in [0.5, 0.6) is 5.75 Å². The molecule has 0 amide bonds. The standard InChI is InChI=1S/C20H19F3N2O2/c21-20(22,23)14-25-12-17(11-24-25)18-10-15(8-9-26)6-7-19(18)27-13-16-4-2-1-3-5-16/h1-7,10-12,26H,8-9,13-14H2. The summed E-state index contributed by atoms with van der Waals surface area (Å²) in [6.07, 6.45) is -1.16. The van der Waals surface area contributed by atoms with E-state index < -0.39 is 12.7 Å². The fraction of sp³-hybridized carbons (Fsp3) is 0.250. The van der Waals surface area contributed by atoms with Gasteiger partial charge in [-0.15, -0.1) is 0 Å². The van der Waals surface area contributed by atoms with Gasteiger partial charge in [0.2, 0.25) is 0 Å². The Kier molecular flexibility index (Phi) is 5.81. The van der Waals surface area contributed by atoms with Gasteiger partial charge in [0.1, 0.15) is 18.9 Å². The molecular weight excluding hydrogens is 357 g/mol. The average Bonchev–Trinajstić information content (AvgIpc) is 3.08.